The molecule has 0 saturated carbocycles. The molecule has 0 aliphatic carbocycles. The van der Waals surface area contributed by atoms with Crippen molar-refractivity contribution in [3.8, 4) is 5.88 Å². The van der Waals surface area contributed by atoms with Crippen LogP contribution in [0.1, 0.15) is 0 Å². The Labute approximate surface area is 73.8 Å². The van der Waals surface area contributed by atoms with Gasteiger partial charge in [0.15, 0.2) is 6.10 Å². The van der Waals surface area contributed by atoms with Crippen molar-refractivity contribution >= 4 is 6.09 Å². The van der Waals surface area contributed by atoms with Crippen LogP contribution in [0.25, 0.3) is 0 Å². The molecule has 0 aromatic carbocycles. The minimum atomic E-state index is -0.409. The van der Waals surface area contributed by atoms with E-state index in [9.17, 15) is 4.79 Å². The number of carbonyl (C=O) groups excluding carboxylic acids is 1. The number of aromatic nitrogens is 1. The van der Waals surface area contributed by atoms with Crippen LogP contribution in [0.15, 0.2) is 16.9 Å². The molecule has 1 fully saturated rings. The van der Waals surface area contributed by atoms with E-state index in [1.165, 1.54) is 6.26 Å². The molecule has 1 aliphatic rings. The fourth-order valence-corrected chi connectivity index (χ4v) is 0.979. The van der Waals surface area contributed by atoms with Gasteiger partial charge in [-0.15, -0.1) is 0 Å². The number of ether oxygens (including phenoxy) is 2. The normalized spacial score (nSPS) is 20.9. The molecule has 6 nitrogen and oxygen atoms in total. The number of alkyl carbamates (subject to hydrolysis) is 1. The first-order valence-electron chi connectivity index (χ1n) is 3.82. The van der Waals surface area contributed by atoms with Crippen LogP contribution in [0.4, 0.5) is 4.79 Å². The molecule has 0 spiro atoms. The summed E-state index contributed by atoms with van der Waals surface area (Å²) in [6.07, 6.45) is 0.756. The van der Waals surface area contributed by atoms with Gasteiger partial charge in [-0.3, -0.25) is 0 Å². The van der Waals surface area contributed by atoms with Crippen molar-refractivity contribution in [3.63, 3.8) is 0 Å². The summed E-state index contributed by atoms with van der Waals surface area (Å²) < 4.78 is 14.5. The van der Waals surface area contributed by atoms with E-state index in [2.05, 4.69) is 15.0 Å². The Morgan fingerprint density at radius 3 is 3.31 bits per heavy atom. The first kappa shape index (κ1) is 7.90. The van der Waals surface area contributed by atoms with Gasteiger partial charge in [0.05, 0.1) is 6.54 Å². The quantitative estimate of drug-likeness (QED) is 0.724. The summed E-state index contributed by atoms with van der Waals surface area (Å²) in [5.74, 6) is 0.392. The Balaban J connectivity index is 1.77. The smallest absolute Gasteiger partial charge is 0.407 e. The highest BCUT2D eigenvalue weighted by molar-refractivity contribution is 5.69. The standard InChI is InChI=1S/C7H8N2O4/c10-7-8-3-5(13-7)4-11-6-1-2-12-9-6/h1-2,5H,3-4H2,(H,8,10)/t5-/m1/s1. The first-order chi connectivity index (χ1) is 6.34. The molecule has 1 aromatic heterocycles. The number of cyclic esters (lactones) is 1. The average Bonchev–Trinajstić information content (AvgIpc) is 2.71. The van der Waals surface area contributed by atoms with Crippen molar-refractivity contribution in [1.29, 1.82) is 0 Å². The van der Waals surface area contributed by atoms with Crippen LogP contribution in [0.5, 0.6) is 5.88 Å². The molecule has 1 amide bonds. The van der Waals surface area contributed by atoms with Gasteiger partial charge < -0.3 is 19.3 Å². The zero-order chi connectivity index (χ0) is 9.10. The molecule has 1 N–H and O–H groups in total. The van der Waals surface area contributed by atoms with E-state index in [0.717, 1.165) is 0 Å². The van der Waals surface area contributed by atoms with E-state index >= 15 is 0 Å². The maximum absolute atomic E-state index is 10.6. The van der Waals surface area contributed by atoms with Gasteiger partial charge in [0.2, 0.25) is 0 Å². The number of nitrogens with one attached hydrogen (secondary N) is 1. The molecule has 1 aromatic rings. The van der Waals surface area contributed by atoms with Crippen molar-refractivity contribution in [2.24, 2.45) is 0 Å². The van der Waals surface area contributed by atoms with E-state index in [4.69, 9.17) is 9.47 Å². The lowest BCUT2D eigenvalue weighted by molar-refractivity contribution is 0.101. The molecule has 1 saturated heterocycles. The lowest BCUT2D eigenvalue weighted by atomic mass is 10.4. The highest BCUT2D eigenvalue weighted by Gasteiger charge is 2.23. The van der Waals surface area contributed by atoms with Crippen LogP contribution in [0.2, 0.25) is 0 Å². The first-order valence-corrected chi connectivity index (χ1v) is 3.82. The van der Waals surface area contributed by atoms with Gasteiger partial charge in [-0.25, -0.2) is 4.79 Å². The molecule has 0 radical (unpaired) electrons. The molecular formula is C7H8N2O4. The van der Waals surface area contributed by atoms with Gasteiger partial charge in [0.25, 0.3) is 5.88 Å². The van der Waals surface area contributed by atoms with Gasteiger partial charge in [0.1, 0.15) is 12.9 Å². The summed E-state index contributed by atoms with van der Waals surface area (Å²) in [5.41, 5.74) is 0. The molecule has 0 unspecified atom stereocenters. The molecule has 70 valence electrons. The molecule has 2 heterocycles. The molecule has 6 heteroatoms. The van der Waals surface area contributed by atoms with Gasteiger partial charge in [-0.1, -0.05) is 0 Å². The summed E-state index contributed by atoms with van der Waals surface area (Å²) in [6, 6.07) is 1.59. The molecule has 1 aliphatic heterocycles. The second-order valence-electron chi connectivity index (χ2n) is 2.56. The Morgan fingerprint density at radius 2 is 2.69 bits per heavy atom. The number of nitrogens with zero attached hydrogens (tertiary/aromatic N) is 1. The van der Waals surface area contributed by atoms with Crippen molar-refractivity contribution in [3.05, 3.63) is 12.3 Å². The summed E-state index contributed by atoms with van der Waals surface area (Å²) >= 11 is 0. The summed E-state index contributed by atoms with van der Waals surface area (Å²) in [6.45, 7) is 0.752. The monoisotopic (exact) mass is 184 g/mol. The van der Waals surface area contributed by atoms with Crippen molar-refractivity contribution in [2.45, 2.75) is 6.10 Å². The van der Waals surface area contributed by atoms with E-state index in [1.54, 1.807) is 6.07 Å². The predicted molar refractivity (Wildman–Crippen MR) is 40.3 cm³/mol. The highest BCUT2D eigenvalue weighted by Crippen LogP contribution is 2.07. The van der Waals surface area contributed by atoms with Crippen molar-refractivity contribution in [1.82, 2.24) is 10.5 Å². The number of hydrogen-bond donors (Lipinski definition) is 1. The number of rotatable bonds is 3. The maximum Gasteiger partial charge on any atom is 0.407 e. The van der Waals surface area contributed by atoms with Gasteiger partial charge in [0, 0.05) is 6.07 Å². The third-order valence-corrected chi connectivity index (χ3v) is 1.58. The third-order valence-electron chi connectivity index (χ3n) is 1.58. The van der Waals surface area contributed by atoms with E-state index in [1.807, 2.05) is 0 Å². The fourth-order valence-electron chi connectivity index (χ4n) is 0.979. The maximum atomic E-state index is 10.6. The zero-order valence-electron chi connectivity index (χ0n) is 6.73. The fraction of sp³-hybridized carbons (Fsp3) is 0.429. The van der Waals surface area contributed by atoms with Crippen LogP contribution in [-0.4, -0.2) is 30.5 Å². The van der Waals surface area contributed by atoms with Crippen molar-refractivity contribution in [2.75, 3.05) is 13.2 Å². The molecule has 0 bridgehead atoms. The zero-order valence-corrected chi connectivity index (χ0v) is 6.73. The van der Waals surface area contributed by atoms with Crippen LogP contribution in [0.3, 0.4) is 0 Å². The van der Waals surface area contributed by atoms with Crippen LogP contribution < -0.4 is 10.1 Å². The lowest BCUT2D eigenvalue weighted by Gasteiger charge is -2.06. The second-order valence-corrected chi connectivity index (χ2v) is 2.56. The Kier molecular flexibility index (Phi) is 2.03. The van der Waals surface area contributed by atoms with Crippen LogP contribution in [-0.2, 0) is 4.74 Å². The van der Waals surface area contributed by atoms with Gasteiger partial charge in [-0.2, -0.15) is 0 Å². The largest absolute Gasteiger partial charge is 0.471 e. The van der Waals surface area contributed by atoms with Crippen LogP contribution in [0, 0.1) is 0 Å². The van der Waals surface area contributed by atoms with E-state index < -0.39 is 6.09 Å². The summed E-state index contributed by atoms with van der Waals surface area (Å²) in [7, 11) is 0. The predicted octanol–water partition coefficient (Wildman–Crippen LogP) is 0.162. The minimum absolute atomic E-state index is 0.246. The second kappa shape index (κ2) is 3.34. The highest BCUT2D eigenvalue weighted by atomic mass is 16.6. The summed E-state index contributed by atoms with van der Waals surface area (Å²) in [4.78, 5) is 10.6. The molecule has 2 rings (SSSR count). The van der Waals surface area contributed by atoms with Crippen LogP contribution >= 0.6 is 0 Å². The number of carbonyl (C=O) groups is 1. The minimum Gasteiger partial charge on any atom is -0.471 e. The van der Waals surface area contributed by atoms with Crippen molar-refractivity contribution < 1.29 is 18.8 Å². The van der Waals surface area contributed by atoms with Gasteiger partial charge in [-0.05, 0) is 5.16 Å². The average molecular weight is 184 g/mol. The Hall–Kier alpha value is -1.72. The Morgan fingerprint density at radius 1 is 1.77 bits per heavy atom. The lowest BCUT2D eigenvalue weighted by Crippen LogP contribution is -2.21. The SMILES string of the molecule is O=C1NC[C@H](COc2ccon2)O1. The topological polar surface area (TPSA) is 73.6 Å². The molecule has 1 atom stereocenters. The summed E-state index contributed by atoms with van der Waals surface area (Å²) in [5, 5.41) is 6.05. The molecule has 13 heavy (non-hydrogen) atoms. The number of hydrogen-bond acceptors (Lipinski definition) is 5. The van der Waals surface area contributed by atoms with Gasteiger partial charge >= 0.3 is 6.09 Å². The number of amides is 1. The Bertz CT molecular complexity index is 285. The third kappa shape index (κ3) is 1.90. The van der Waals surface area contributed by atoms with E-state index in [-0.39, 0.29) is 12.7 Å². The van der Waals surface area contributed by atoms with E-state index in [0.29, 0.717) is 12.4 Å². The molecular weight excluding hydrogens is 176 g/mol.